The smallest absolute Gasteiger partial charge is 0.148 e. The van der Waals surface area contributed by atoms with Crippen molar-refractivity contribution in [3.8, 4) is 6.07 Å². The average Bonchev–Trinajstić information content (AvgIpc) is 2.39. The van der Waals surface area contributed by atoms with Crippen LogP contribution in [0.25, 0.3) is 0 Å². The average molecular weight is 251 g/mol. The molecule has 0 spiro atoms. The number of anilines is 2. The zero-order chi connectivity index (χ0) is 13.8. The second-order valence-electron chi connectivity index (χ2n) is 4.86. The van der Waals surface area contributed by atoms with Gasteiger partial charge in [0, 0.05) is 11.4 Å². The highest BCUT2D eigenvalue weighted by Crippen LogP contribution is 2.21. The molecular formula is C16H17N3. The van der Waals surface area contributed by atoms with Crippen LogP contribution >= 0.6 is 0 Å². The Morgan fingerprint density at radius 2 is 1.79 bits per heavy atom. The Bertz CT molecular complexity index is 607. The first-order valence-corrected chi connectivity index (χ1v) is 6.35. The molecule has 0 unspecified atom stereocenters. The molecule has 0 atom stereocenters. The summed E-state index contributed by atoms with van der Waals surface area (Å²) in [5.74, 6) is 1.13. The van der Waals surface area contributed by atoms with Crippen LogP contribution in [0.4, 0.5) is 11.5 Å². The van der Waals surface area contributed by atoms with Gasteiger partial charge in [-0.05, 0) is 42.7 Å². The van der Waals surface area contributed by atoms with Gasteiger partial charge in [0.15, 0.2) is 0 Å². The summed E-state index contributed by atoms with van der Waals surface area (Å²) in [4.78, 5) is 4.36. The highest BCUT2D eigenvalue weighted by Gasteiger charge is 2.05. The summed E-state index contributed by atoms with van der Waals surface area (Å²) in [5, 5.41) is 12.3. The summed E-state index contributed by atoms with van der Waals surface area (Å²) >= 11 is 0. The standard InChI is InChI=1S/C16H17N3/c1-11(2)13-6-8-15(9-7-13)19-16-14(10-17)5-4-12(3)18-16/h4-9,11H,1-3H3,(H,18,19). The Labute approximate surface area is 113 Å². The minimum atomic E-state index is 0.515. The minimum absolute atomic E-state index is 0.515. The Hall–Kier alpha value is -2.34. The van der Waals surface area contributed by atoms with Gasteiger partial charge in [0.2, 0.25) is 0 Å². The summed E-state index contributed by atoms with van der Waals surface area (Å²) in [5.41, 5.74) is 3.68. The summed E-state index contributed by atoms with van der Waals surface area (Å²) < 4.78 is 0. The third kappa shape index (κ3) is 3.11. The molecule has 19 heavy (non-hydrogen) atoms. The SMILES string of the molecule is Cc1ccc(C#N)c(Nc2ccc(C(C)C)cc2)n1. The maximum atomic E-state index is 9.07. The van der Waals surface area contributed by atoms with Gasteiger partial charge in [0.05, 0.1) is 5.56 Å². The van der Waals surface area contributed by atoms with Gasteiger partial charge < -0.3 is 5.32 Å². The summed E-state index contributed by atoms with van der Waals surface area (Å²) in [6.45, 7) is 6.24. The van der Waals surface area contributed by atoms with E-state index in [1.165, 1.54) is 5.56 Å². The molecule has 2 aromatic rings. The number of benzene rings is 1. The van der Waals surface area contributed by atoms with E-state index in [-0.39, 0.29) is 0 Å². The van der Waals surface area contributed by atoms with Crippen LogP contribution in [-0.4, -0.2) is 4.98 Å². The van der Waals surface area contributed by atoms with Gasteiger partial charge in [-0.1, -0.05) is 26.0 Å². The Morgan fingerprint density at radius 3 is 2.37 bits per heavy atom. The van der Waals surface area contributed by atoms with Crippen LogP contribution in [0, 0.1) is 18.3 Å². The third-order valence-corrected chi connectivity index (χ3v) is 3.00. The molecule has 1 N–H and O–H groups in total. The Kier molecular flexibility index (Phi) is 3.82. The fourth-order valence-electron chi connectivity index (χ4n) is 1.83. The molecule has 1 heterocycles. The molecular weight excluding hydrogens is 234 g/mol. The molecule has 96 valence electrons. The number of aryl methyl sites for hydroxylation is 1. The number of hydrogen-bond acceptors (Lipinski definition) is 3. The normalized spacial score (nSPS) is 10.3. The van der Waals surface area contributed by atoms with Crippen molar-refractivity contribution in [2.75, 3.05) is 5.32 Å². The first-order valence-electron chi connectivity index (χ1n) is 6.35. The van der Waals surface area contributed by atoms with Gasteiger partial charge in [0.1, 0.15) is 11.9 Å². The van der Waals surface area contributed by atoms with Crippen LogP contribution < -0.4 is 5.32 Å². The zero-order valence-electron chi connectivity index (χ0n) is 11.4. The molecule has 0 amide bonds. The van der Waals surface area contributed by atoms with Crippen LogP contribution in [0.2, 0.25) is 0 Å². The molecule has 1 aromatic carbocycles. The maximum Gasteiger partial charge on any atom is 0.148 e. The van der Waals surface area contributed by atoms with Crippen molar-refractivity contribution in [2.24, 2.45) is 0 Å². The van der Waals surface area contributed by atoms with Crippen molar-refractivity contribution in [2.45, 2.75) is 26.7 Å². The predicted octanol–water partition coefficient (Wildman–Crippen LogP) is 4.13. The molecule has 0 aliphatic rings. The van der Waals surface area contributed by atoms with E-state index in [4.69, 9.17) is 5.26 Å². The van der Waals surface area contributed by atoms with Crippen LogP contribution in [-0.2, 0) is 0 Å². The summed E-state index contributed by atoms with van der Waals surface area (Å²) in [6, 6.07) is 14.0. The molecule has 0 radical (unpaired) electrons. The molecule has 0 bridgehead atoms. The fraction of sp³-hybridized carbons (Fsp3) is 0.250. The van der Waals surface area contributed by atoms with Crippen molar-refractivity contribution >= 4 is 11.5 Å². The summed E-state index contributed by atoms with van der Waals surface area (Å²) in [7, 11) is 0. The number of pyridine rings is 1. The monoisotopic (exact) mass is 251 g/mol. The van der Waals surface area contributed by atoms with Crippen molar-refractivity contribution in [3.05, 3.63) is 53.2 Å². The summed E-state index contributed by atoms with van der Waals surface area (Å²) in [6.07, 6.45) is 0. The first-order chi connectivity index (χ1) is 9.10. The second kappa shape index (κ2) is 5.53. The minimum Gasteiger partial charge on any atom is -0.339 e. The van der Waals surface area contributed by atoms with Gasteiger partial charge in [0.25, 0.3) is 0 Å². The van der Waals surface area contributed by atoms with Crippen molar-refractivity contribution in [3.63, 3.8) is 0 Å². The topological polar surface area (TPSA) is 48.7 Å². The van der Waals surface area contributed by atoms with Crippen LogP contribution in [0.5, 0.6) is 0 Å². The molecule has 0 aliphatic carbocycles. The second-order valence-corrected chi connectivity index (χ2v) is 4.86. The highest BCUT2D eigenvalue weighted by atomic mass is 15.0. The van der Waals surface area contributed by atoms with E-state index in [0.717, 1.165) is 11.4 Å². The fourth-order valence-corrected chi connectivity index (χ4v) is 1.83. The molecule has 0 saturated heterocycles. The van der Waals surface area contributed by atoms with E-state index in [2.05, 4.69) is 42.4 Å². The molecule has 0 aliphatic heterocycles. The number of aromatic nitrogens is 1. The third-order valence-electron chi connectivity index (χ3n) is 3.00. The molecule has 1 aromatic heterocycles. The Morgan fingerprint density at radius 1 is 1.11 bits per heavy atom. The van der Waals surface area contributed by atoms with Crippen LogP contribution in [0.15, 0.2) is 36.4 Å². The van der Waals surface area contributed by atoms with Gasteiger partial charge in [-0.25, -0.2) is 4.98 Å². The molecule has 3 nitrogen and oxygen atoms in total. The number of hydrogen-bond donors (Lipinski definition) is 1. The van der Waals surface area contributed by atoms with E-state index in [0.29, 0.717) is 17.3 Å². The van der Waals surface area contributed by atoms with Gasteiger partial charge >= 0.3 is 0 Å². The van der Waals surface area contributed by atoms with Gasteiger partial charge in [-0.15, -0.1) is 0 Å². The lowest BCUT2D eigenvalue weighted by Crippen LogP contribution is -1.98. The number of nitrogens with one attached hydrogen (secondary N) is 1. The van der Waals surface area contributed by atoms with E-state index in [1.54, 1.807) is 6.07 Å². The number of nitriles is 1. The van der Waals surface area contributed by atoms with Crippen LogP contribution in [0.3, 0.4) is 0 Å². The highest BCUT2D eigenvalue weighted by molar-refractivity contribution is 5.63. The predicted molar refractivity (Wildman–Crippen MR) is 77.5 cm³/mol. The van der Waals surface area contributed by atoms with Gasteiger partial charge in [-0.3, -0.25) is 0 Å². The molecule has 2 rings (SSSR count). The van der Waals surface area contributed by atoms with E-state index in [9.17, 15) is 0 Å². The first kappa shape index (κ1) is 13.1. The van der Waals surface area contributed by atoms with Crippen LogP contribution in [0.1, 0.15) is 36.6 Å². The van der Waals surface area contributed by atoms with Gasteiger partial charge in [-0.2, -0.15) is 5.26 Å². The molecule has 3 heteroatoms. The van der Waals surface area contributed by atoms with Crippen molar-refractivity contribution < 1.29 is 0 Å². The maximum absolute atomic E-state index is 9.07. The van der Waals surface area contributed by atoms with E-state index >= 15 is 0 Å². The number of nitrogens with zero attached hydrogens (tertiary/aromatic N) is 2. The largest absolute Gasteiger partial charge is 0.339 e. The molecule has 0 saturated carbocycles. The molecule has 0 fully saturated rings. The lowest BCUT2D eigenvalue weighted by molar-refractivity contribution is 0.867. The zero-order valence-corrected chi connectivity index (χ0v) is 11.4. The van der Waals surface area contributed by atoms with E-state index < -0.39 is 0 Å². The Balaban J connectivity index is 2.26. The lowest BCUT2D eigenvalue weighted by Gasteiger charge is -2.10. The van der Waals surface area contributed by atoms with Crippen molar-refractivity contribution in [1.29, 1.82) is 5.26 Å². The van der Waals surface area contributed by atoms with E-state index in [1.807, 2.05) is 25.1 Å². The lowest BCUT2D eigenvalue weighted by atomic mass is 10.0. The number of rotatable bonds is 3. The quantitative estimate of drug-likeness (QED) is 0.892. The van der Waals surface area contributed by atoms with Crippen molar-refractivity contribution in [1.82, 2.24) is 4.98 Å².